The van der Waals surface area contributed by atoms with Crippen molar-refractivity contribution in [3.8, 4) is 0 Å². The highest BCUT2D eigenvalue weighted by Crippen LogP contribution is 2.33. The van der Waals surface area contributed by atoms with Crippen molar-refractivity contribution in [3.05, 3.63) is 35.9 Å². The molecule has 8 nitrogen and oxygen atoms in total. The molecule has 1 aliphatic heterocycles. The second-order valence-corrected chi connectivity index (χ2v) is 6.76. The van der Waals surface area contributed by atoms with E-state index in [-0.39, 0.29) is 12.5 Å². The molecule has 8 heteroatoms. The van der Waals surface area contributed by atoms with Gasteiger partial charge in [-0.25, -0.2) is 4.79 Å². The van der Waals surface area contributed by atoms with Gasteiger partial charge in [-0.2, -0.15) is 0 Å². The molecule has 0 spiro atoms. The van der Waals surface area contributed by atoms with Gasteiger partial charge in [-0.15, -0.1) is 0 Å². The van der Waals surface area contributed by atoms with Gasteiger partial charge < -0.3 is 23.7 Å². The van der Waals surface area contributed by atoms with Crippen LogP contribution in [0.25, 0.3) is 0 Å². The van der Waals surface area contributed by atoms with E-state index in [9.17, 15) is 14.4 Å². The highest BCUT2D eigenvalue weighted by molar-refractivity contribution is 5.89. The van der Waals surface area contributed by atoms with Gasteiger partial charge in [0.25, 0.3) is 0 Å². The van der Waals surface area contributed by atoms with Gasteiger partial charge in [-0.1, -0.05) is 25.1 Å². The molecule has 29 heavy (non-hydrogen) atoms. The van der Waals surface area contributed by atoms with Crippen LogP contribution in [0.1, 0.15) is 44.0 Å². The van der Waals surface area contributed by atoms with E-state index < -0.39 is 36.4 Å². The minimum absolute atomic E-state index is 0.0678. The molecular formula is C21H28O8. The van der Waals surface area contributed by atoms with Crippen LogP contribution in [0, 0.1) is 5.92 Å². The van der Waals surface area contributed by atoms with E-state index in [0.29, 0.717) is 25.2 Å². The molecule has 0 aliphatic carbocycles. The molecule has 0 saturated carbocycles. The first kappa shape index (κ1) is 22.8. The van der Waals surface area contributed by atoms with Crippen molar-refractivity contribution in [1.82, 2.24) is 0 Å². The van der Waals surface area contributed by atoms with Gasteiger partial charge in [0.2, 0.25) is 6.29 Å². The Balaban J connectivity index is 2.08. The summed E-state index contributed by atoms with van der Waals surface area (Å²) in [7, 11) is 0. The van der Waals surface area contributed by atoms with Gasteiger partial charge >= 0.3 is 17.9 Å². The molecule has 4 atom stereocenters. The molecule has 0 aromatic heterocycles. The molecule has 1 heterocycles. The van der Waals surface area contributed by atoms with E-state index in [1.807, 2.05) is 6.92 Å². The lowest BCUT2D eigenvalue weighted by atomic mass is 9.95. The van der Waals surface area contributed by atoms with Crippen LogP contribution in [0.4, 0.5) is 0 Å². The van der Waals surface area contributed by atoms with Crippen molar-refractivity contribution in [2.24, 2.45) is 5.92 Å². The first-order valence-corrected chi connectivity index (χ1v) is 9.72. The van der Waals surface area contributed by atoms with Crippen molar-refractivity contribution >= 4 is 17.9 Å². The summed E-state index contributed by atoms with van der Waals surface area (Å²) in [6.45, 7) is 5.47. The van der Waals surface area contributed by atoms with Crippen LogP contribution in [0.3, 0.4) is 0 Å². The zero-order valence-corrected chi connectivity index (χ0v) is 17.0. The highest BCUT2D eigenvalue weighted by Gasteiger charge is 2.48. The predicted octanol–water partition coefficient (Wildman–Crippen LogP) is 2.50. The van der Waals surface area contributed by atoms with E-state index in [4.69, 9.17) is 23.7 Å². The number of hydrogen-bond acceptors (Lipinski definition) is 8. The second kappa shape index (κ2) is 11.5. The largest absolute Gasteiger partial charge is 0.459 e. The highest BCUT2D eigenvalue weighted by atomic mass is 16.7. The van der Waals surface area contributed by atoms with Gasteiger partial charge in [0.1, 0.15) is 12.7 Å². The smallest absolute Gasteiger partial charge is 0.338 e. The maximum atomic E-state index is 12.3. The normalized spacial score (nSPS) is 23.4. The van der Waals surface area contributed by atoms with Gasteiger partial charge in [0.15, 0.2) is 6.10 Å². The summed E-state index contributed by atoms with van der Waals surface area (Å²) in [5, 5.41) is 0. The summed E-state index contributed by atoms with van der Waals surface area (Å²) in [6.07, 6.45) is -1.11. The Morgan fingerprint density at radius 3 is 2.31 bits per heavy atom. The monoisotopic (exact) mass is 408 g/mol. The number of ether oxygens (including phenoxy) is 5. The quantitative estimate of drug-likeness (QED) is 0.331. The summed E-state index contributed by atoms with van der Waals surface area (Å²) >= 11 is 0. The van der Waals surface area contributed by atoms with E-state index in [0.717, 1.165) is 6.42 Å². The Morgan fingerprint density at radius 2 is 1.69 bits per heavy atom. The van der Waals surface area contributed by atoms with E-state index in [1.54, 1.807) is 30.3 Å². The topological polar surface area (TPSA) is 97.4 Å². The molecule has 1 unspecified atom stereocenters. The maximum absolute atomic E-state index is 12.3. The molecule has 1 saturated heterocycles. The first-order chi connectivity index (χ1) is 13.9. The Bertz CT molecular complexity index is 675. The third-order valence-corrected chi connectivity index (χ3v) is 4.39. The summed E-state index contributed by atoms with van der Waals surface area (Å²) in [4.78, 5) is 35.3. The third kappa shape index (κ3) is 7.14. The van der Waals surface area contributed by atoms with Gasteiger partial charge in [0, 0.05) is 33.0 Å². The average Bonchev–Trinajstić information content (AvgIpc) is 2.99. The summed E-state index contributed by atoms with van der Waals surface area (Å²) in [6, 6.07) is 8.58. The number of carbonyl (C=O) groups is 3. The Morgan fingerprint density at radius 1 is 1.00 bits per heavy atom. The molecule has 1 aromatic carbocycles. The zero-order valence-electron chi connectivity index (χ0n) is 17.0. The molecule has 0 bridgehead atoms. The number of hydrogen-bond donors (Lipinski definition) is 0. The lowest BCUT2D eigenvalue weighted by molar-refractivity contribution is -0.195. The molecule has 0 N–H and O–H groups in total. The minimum Gasteiger partial charge on any atom is -0.459 e. The number of carbonyl (C=O) groups excluding carboxylic acids is 3. The molecule has 1 aliphatic rings. The standard InChI is InChI=1S/C21H28O8/c1-4-11-25-12-10-17-18(13-26-20(24)16-8-6-5-7-9-16)29-21(28-15(3)23)19(17)27-14(2)22/h5-9,17-19,21H,4,10-13H2,1-3H3/t17-,18-,19-,21?/m1/s1. The van der Waals surface area contributed by atoms with Crippen molar-refractivity contribution in [2.75, 3.05) is 19.8 Å². The molecule has 2 rings (SSSR count). The molecule has 160 valence electrons. The van der Waals surface area contributed by atoms with Crippen LogP contribution in [0.2, 0.25) is 0 Å². The fourth-order valence-corrected chi connectivity index (χ4v) is 3.15. The molecule has 0 radical (unpaired) electrons. The van der Waals surface area contributed by atoms with Crippen molar-refractivity contribution in [3.63, 3.8) is 0 Å². The summed E-state index contributed by atoms with van der Waals surface area (Å²) in [5.74, 6) is -1.92. The van der Waals surface area contributed by atoms with E-state index in [2.05, 4.69) is 0 Å². The molecule has 1 fully saturated rings. The Hall–Kier alpha value is -2.45. The van der Waals surface area contributed by atoms with Crippen molar-refractivity contribution in [2.45, 2.75) is 52.1 Å². The summed E-state index contributed by atoms with van der Waals surface area (Å²) in [5.41, 5.74) is 0.418. The predicted molar refractivity (Wildman–Crippen MR) is 102 cm³/mol. The fourth-order valence-electron chi connectivity index (χ4n) is 3.15. The number of benzene rings is 1. The minimum atomic E-state index is -1.06. The maximum Gasteiger partial charge on any atom is 0.338 e. The lowest BCUT2D eigenvalue weighted by Crippen LogP contribution is -2.36. The Kier molecular flexibility index (Phi) is 9.08. The summed E-state index contributed by atoms with van der Waals surface area (Å²) < 4.78 is 27.3. The third-order valence-electron chi connectivity index (χ3n) is 4.39. The zero-order chi connectivity index (χ0) is 21.2. The number of esters is 3. The van der Waals surface area contributed by atoms with Gasteiger partial charge in [-0.05, 0) is 25.0 Å². The van der Waals surface area contributed by atoms with Crippen LogP contribution >= 0.6 is 0 Å². The lowest BCUT2D eigenvalue weighted by Gasteiger charge is -2.23. The van der Waals surface area contributed by atoms with E-state index in [1.165, 1.54) is 13.8 Å². The van der Waals surface area contributed by atoms with Gasteiger partial charge in [0.05, 0.1) is 5.56 Å². The van der Waals surface area contributed by atoms with Crippen LogP contribution in [-0.4, -0.2) is 56.2 Å². The Labute approximate surface area is 170 Å². The number of rotatable bonds is 10. The van der Waals surface area contributed by atoms with Crippen LogP contribution in [-0.2, 0) is 33.3 Å². The van der Waals surface area contributed by atoms with Crippen LogP contribution in [0.5, 0.6) is 0 Å². The van der Waals surface area contributed by atoms with E-state index >= 15 is 0 Å². The SMILES string of the molecule is CCCOCC[C@@H]1[C@@H](COC(=O)c2ccccc2)OC(OC(C)=O)[C@@H]1OC(C)=O. The van der Waals surface area contributed by atoms with Crippen LogP contribution < -0.4 is 0 Å². The molecule has 0 amide bonds. The van der Waals surface area contributed by atoms with Gasteiger partial charge in [-0.3, -0.25) is 9.59 Å². The van der Waals surface area contributed by atoms with Crippen LogP contribution in [0.15, 0.2) is 30.3 Å². The molecular weight excluding hydrogens is 380 g/mol. The first-order valence-electron chi connectivity index (χ1n) is 9.72. The average molecular weight is 408 g/mol. The second-order valence-electron chi connectivity index (χ2n) is 6.76. The molecule has 1 aromatic rings. The van der Waals surface area contributed by atoms with Crippen molar-refractivity contribution in [1.29, 1.82) is 0 Å². The fraction of sp³-hybridized carbons (Fsp3) is 0.571. The van der Waals surface area contributed by atoms with Crippen molar-refractivity contribution < 1.29 is 38.1 Å².